The van der Waals surface area contributed by atoms with Gasteiger partial charge in [0.25, 0.3) is 0 Å². The van der Waals surface area contributed by atoms with E-state index in [1.807, 2.05) is 25.4 Å². The minimum absolute atomic E-state index is 0.0794. The maximum atomic E-state index is 6.47. The summed E-state index contributed by atoms with van der Waals surface area (Å²) >= 11 is 0. The van der Waals surface area contributed by atoms with Crippen LogP contribution < -0.4 is 14.8 Å². The molecule has 0 spiro atoms. The molecule has 4 aromatic rings. The predicted octanol–water partition coefficient (Wildman–Crippen LogP) is 3.98. The molecule has 1 atom stereocenters. The number of aromatic nitrogens is 5. The van der Waals surface area contributed by atoms with Gasteiger partial charge in [-0.1, -0.05) is 24.3 Å². The Hall–Kier alpha value is -4.02. The number of aryl methyl sites for hydroxylation is 1. The van der Waals surface area contributed by atoms with Crippen LogP contribution in [0.5, 0.6) is 11.6 Å². The summed E-state index contributed by atoms with van der Waals surface area (Å²) in [5.41, 5.74) is 4.07. The van der Waals surface area contributed by atoms with Crippen LogP contribution in [0.2, 0.25) is 0 Å². The van der Waals surface area contributed by atoms with E-state index in [1.54, 1.807) is 17.1 Å². The highest BCUT2D eigenvalue weighted by Gasteiger charge is 2.19. The third-order valence-corrected chi connectivity index (χ3v) is 7.26. The molecule has 6 rings (SSSR count). The van der Waals surface area contributed by atoms with Crippen molar-refractivity contribution in [2.75, 3.05) is 45.2 Å². The van der Waals surface area contributed by atoms with Gasteiger partial charge in [0, 0.05) is 70.2 Å². The van der Waals surface area contributed by atoms with Gasteiger partial charge in [-0.15, -0.1) is 0 Å². The average molecular weight is 527 g/mol. The van der Waals surface area contributed by atoms with Gasteiger partial charge in [0.05, 0.1) is 18.9 Å². The zero-order valence-electron chi connectivity index (χ0n) is 22.7. The predicted molar refractivity (Wildman–Crippen MR) is 150 cm³/mol. The monoisotopic (exact) mass is 526 g/mol. The Morgan fingerprint density at radius 2 is 1.77 bits per heavy atom. The van der Waals surface area contributed by atoms with E-state index >= 15 is 0 Å². The lowest BCUT2D eigenvalue weighted by Gasteiger charge is -2.32. The first-order chi connectivity index (χ1) is 19.0. The van der Waals surface area contributed by atoms with E-state index in [0.29, 0.717) is 36.4 Å². The van der Waals surface area contributed by atoms with Crippen molar-refractivity contribution in [3.8, 4) is 34.1 Å². The lowest BCUT2D eigenvalue weighted by molar-refractivity contribution is 0.148. The van der Waals surface area contributed by atoms with E-state index in [0.717, 1.165) is 55.2 Å². The fourth-order valence-electron chi connectivity index (χ4n) is 4.91. The van der Waals surface area contributed by atoms with Crippen LogP contribution in [0.1, 0.15) is 18.9 Å². The summed E-state index contributed by atoms with van der Waals surface area (Å²) < 4.78 is 14.3. The van der Waals surface area contributed by atoms with Gasteiger partial charge in [-0.25, -0.2) is 19.6 Å². The molecule has 1 aromatic carbocycles. The molecule has 3 aromatic heterocycles. The Bertz CT molecular complexity index is 1430. The first-order valence-corrected chi connectivity index (χ1v) is 13.4. The molecule has 39 heavy (non-hydrogen) atoms. The highest BCUT2D eigenvalue weighted by Crippen LogP contribution is 2.34. The second-order valence-electron chi connectivity index (χ2n) is 10.3. The van der Waals surface area contributed by atoms with Crippen LogP contribution in [0, 0.1) is 0 Å². The van der Waals surface area contributed by atoms with Crippen LogP contribution >= 0.6 is 0 Å². The number of piperazine rings is 1. The normalized spacial score (nSPS) is 18.3. The molecule has 5 heterocycles. The van der Waals surface area contributed by atoms with E-state index in [9.17, 15) is 0 Å². The molecular weight excluding hydrogens is 492 g/mol. The lowest BCUT2D eigenvalue weighted by Crippen LogP contribution is -2.43. The van der Waals surface area contributed by atoms with E-state index in [-0.39, 0.29) is 6.10 Å². The van der Waals surface area contributed by atoms with Gasteiger partial charge in [-0.2, -0.15) is 5.10 Å². The van der Waals surface area contributed by atoms with Crippen LogP contribution in [-0.2, 0) is 13.6 Å². The number of pyridine rings is 1. The van der Waals surface area contributed by atoms with Gasteiger partial charge >= 0.3 is 0 Å². The van der Waals surface area contributed by atoms with Crippen molar-refractivity contribution >= 4 is 11.6 Å². The van der Waals surface area contributed by atoms with Crippen molar-refractivity contribution in [1.82, 2.24) is 34.5 Å². The van der Waals surface area contributed by atoms with Gasteiger partial charge in [0.15, 0.2) is 5.82 Å². The van der Waals surface area contributed by atoms with Gasteiger partial charge in [0.2, 0.25) is 5.88 Å². The minimum atomic E-state index is -0.0794. The van der Waals surface area contributed by atoms with Crippen molar-refractivity contribution in [3.05, 3.63) is 60.6 Å². The molecule has 10 nitrogen and oxygen atoms in total. The Labute approximate surface area is 228 Å². The van der Waals surface area contributed by atoms with E-state index < -0.39 is 0 Å². The molecule has 1 fully saturated rings. The zero-order valence-corrected chi connectivity index (χ0v) is 22.7. The van der Waals surface area contributed by atoms with Crippen LogP contribution in [0.3, 0.4) is 0 Å². The minimum Gasteiger partial charge on any atom is -0.490 e. The number of anilines is 2. The lowest BCUT2D eigenvalue weighted by atomic mass is 10.0. The number of hydrogen-bond acceptors (Lipinski definition) is 9. The third kappa shape index (κ3) is 5.71. The smallest absolute Gasteiger partial charge is 0.222 e. The highest BCUT2D eigenvalue weighted by molar-refractivity contribution is 5.73. The topological polar surface area (TPSA) is 93.5 Å². The molecule has 2 aliphatic heterocycles. The fourth-order valence-corrected chi connectivity index (χ4v) is 4.91. The number of likely N-dealkylation sites (N-methyl/N-ethyl adjacent to an activating group) is 1. The first kappa shape index (κ1) is 25.3. The molecule has 4 bridgehead atoms. The third-order valence-electron chi connectivity index (χ3n) is 7.26. The summed E-state index contributed by atoms with van der Waals surface area (Å²) in [5.74, 6) is 3.21. The Morgan fingerprint density at radius 1 is 0.949 bits per heavy atom. The Kier molecular flexibility index (Phi) is 7.12. The van der Waals surface area contributed by atoms with Crippen molar-refractivity contribution < 1.29 is 9.47 Å². The number of rotatable bonds is 3. The largest absolute Gasteiger partial charge is 0.490 e. The number of ether oxygens (including phenoxy) is 2. The fraction of sp³-hybridized carbons (Fsp3) is 0.379. The molecule has 0 radical (unpaired) electrons. The maximum absolute atomic E-state index is 6.47. The molecule has 10 heteroatoms. The van der Waals surface area contributed by atoms with Crippen molar-refractivity contribution in [3.63, 3.8) is 0 Å². The Morgan fingerprint density at radius 3 is 2.59 bits per heavy atom. The number of hydrogen-bond donors (Lipinski definition) is 1. The Balaban J connectivity index is 1.27. The van der Waals surface area contributed by atoms with Crippen molar-refractivity contribution in [1.29, 1.82) is 0 Å². The number of benzene rings is 1. The second kappa shape index (κ2) is 11.0. The molecule has 0 saturated carbocycles. The SMILES string of the molecule is CC1CCOc2c(cnn2C)-c2nccc(n2)Nc2cc(c(-c3ccc(CN4CCN(C)CC4)cc3)cn2)O1. The molecule has 202 valence electrons. The summed E-state index contributed by atoms with van der Waals surface area (Å²) in [6.07, 6.45) is 5.92. The summed E-state index contributed by atoms with van der Waals surface area (Å²) in [6, 6.07) is 12.5. The maximum Gasteiger partial charge on any atom is 0.222 e. The van der Waals surface area contributed by atoms with E-state index in [2.05, 4.69) is 68.4 Å². The van der Waals surface area contributed by atoms with Crippen molar-refractivity contribution in [2.45, 2.75) is 26.0 Å². The highest BCUT2D eigenvalue weighted by atomic mass is 16.5. The van der Waals surface area contributed by atoms with Gasteiger partial charge < -0.3 is 19.7 Å². The zero-order chi connectivity index (χ0) is 26.8. The number of nitrogens with zero attached hydrogens (tertiary/aromatic N) is 7. The van der Waals surface area contributed by atoms with Crippen LogP contribution in [0.25, 0.3) is 22.5 Å². The molecule has 1 saturated heterocycles. The standard InChI is InChI=1S/C29H34N8O2/c1-20-9-15-38-29-24(18-32-36(29)3)28-30-10-8-26(34-28)33-27-16-25(39-20)23(17-31-27)22-6-4-21(5-7-22)19-37-13-11-35(2)12-14-37/h4-8,10,16-18,20H,9,11-15,19H2,1-3H3,(H,30,31,33,34). The van der Waals surface area contributed by atoms with E-state index in [4.69, 9.17) is 14.5 Å². The quantitative estimate of drug-likeness (QED) is 0.425. The van der Waals surface area contributed by atoms with Gasteiger partial charge in [-0.05, 0) is 31.2 Å². The summed E-state index contributed by atoms with van der Waals surface area (Å²) in [6.45, 7) is 7.94. The van der Waals surface area contributed by atoms with Crippen LogP contribution in [0.4, 0.5) is 11.6 Å². The first-order valence-electron chi connectivity index (χ1n) is 13.4. The van der Waals surface area contributed by atoms with Crippen LogP contribution in [0.15, 0.2) is 55.0 Å². The summed E-state index contributed by atoms with van der Waals surface area (Å²) in [5, 5.41) is 7.66. The molecular formula is C29H34N8O2. The molecule has 1 N–H and O–H groups in total. The second-order valence-corrected chi connectivity index (χ2v) is 10.3. The average Bonchev–Trinajstić information content (AvgIpc) is 3.30. The van der Waals surface area contributed by atoms with Gasteiger partial charge in [0.1, 0.15) is 22.9 Å². The summed E-state index contributed by atoms with van der Waals surface area (Å²) in [7, 11) is 4.03. The van der Waals surface area contributed by atoms with Crippen LogP contribution in [-0.4, -0.2) is 80.5 Å². The number of nitrogens with one attached hydrogen (secondary N) is 1. The van der Waals surface area contributed by atoms with Gasteiger partial charge in [-0.3, -0.25) is 4.90 Å². The summed E-state index contributed by atoms with van der Waals surface area (Å²) in [4.78, 5) is 18.7. The van der Waals surface area contributed by atoms with E-state index in [1.165, 1.54) is 5.56 Å². The molecule has 0 amide bonds. The van der Waals surface area contributed by atoms with Crippen molar-refractivity contribution in [2.24, 2.45) is 7.05 Å². The molecule has 0 aliphatic carbocycles. The molecule has 2 aliphatic rings. The molecule has 1 unspecified atom stereocenters. The number of fused-ring (bicyclic) bond motifs is 6.